The predicted molar refractivity (Wildman–Crippen MR) is 95.6 cm³/mol. The lowest BCUT2D eigenvalue weighted by atomic mass is 10.1. The molecule has 1 amide bonds. The summed E-state index contributed by atoms with van der Waals surface area (Å²) in [4.78, 5) is 12.3. The minimum Gasteiger partial charge on any atom is -0.378 e. The van der Waals surface area contributed by atoms with Crippen LogP contribution in [0.25, 0.3) is 0 Å². The van der Waals surface area contributed by atoms with Crippen molar-refractivity contribution in [3.05, 3.63) is 29.8 Å². The Morgan fingerprint density at radius 2 is 2.12 bits per heavy atom. The fourth-order valence-corrected chi connectivity index (χ4v) is 3.63. The van der Waals surface area contributed by atoms with Gasteiger partial charge in [-0.25, -0.2) is 8.42 Å². The summed E-state index contributed by atoms with van der Waals surface area (Å²) in [5.74, 6) is 1.99. The molecule has 2 N–H and O–H groups in total. The van der Waals surface area contributed by atoms with Gasteiger partial charge in [-0.1, -0.05) is 5.92 Å². The molecule has 1 aromatic carbocycles. The zero-order chi connectivity index (χ0) is 18.3. The number of benzene rings is 1. The summed E-state index contributed by atoms with van der Waals surface area (Å²) in [5.41, 5.74) is 0.417. The highest BCUT2D eigenvalue weighted by atomic mass is 32.2. The van der Waals surface area contributed by atoms with Gasteiger partial charge < -0.3 is 10.1 Å². The molecule has 6 nitrogen and oxygen atoms in total. The van der Waals surface area contributed by atoms with Crippen LogP contribution in [0.2, 0.25) is 0 Å². The first-order valence-electron chi connectivity index (χ1n) is 8.38. The molecule has 0 bridgehead atoms. The molecule has 0 saturated carbocycles. The van der Waals surface area contributed by atoms with Gasteiger partial charge in [-0.2, -0.15) is 4.72 Å². The van der Waals surface area contributed by atoms with Gasteiger partial charge in [-0.05, 0) is 56.9 Å². The molecular weight excluding hydrogens is 340 g/mol. The molecule has 7 heteroatoms. The van der Waals surface area contributed by atoms with E-state index in [4.69, 9.17) is 11.2 Å². The van der Waals surface area contributed by atoms with E-state index in [1.165, 1.54) is 24.3 Å². The molecule has 0 spiro atoms. The molecule has 1 heterocycles. The Hall–Kier alpha value is -1.88. The number of nitrogens with one attached hydrogen (secondary N) is 2. The Morgan fingerprint density at radius 3 is 2.72 bits per heavy atom. The highest BCUT2D eigenvalue weighted by Gasteiger charge is 2.18. The lowest BCUT2D eigenvalue weighted by Gasteiger charge is -2.16. The van der Waals surface area contributed by atoms with Gasteiger partial charge in [0, 0.05) is 18.2 Å². The zero-order valence-corrected chi connectivity index (χ0v) is 15.1. The largest absolute Gasteiger partial charge is 0.378 e. The second-order valence-corrected chi connectivity index (χ2v) is 7.91. The Balaban J connectivity index is 1.88. The SMILES string of the molecule is C#CCNS(=O)(=O)c1ccc(C(=O)NC(C)CCC2CCCO2)cc1. The third-order valence-corrected chi connectivity index (χ3v) is 5.53. The van der Waals surface area contributed by atoms with Crippen LogP contribution >= 0.6 is 0 Å². The van der Waals surface area contributed by atoms with E-state index in [9.17, 15) is 13.2 Å². The number of amides is 1. The van der Waals surface area contributed by atoms with Gasteiger partial charge in [-0.15, -0.1) is 6.42 Å². The van der Waals surface area contributed by atoms with E-state index in [-0.39, 0.29) is 23.4 Å². The average Bonchev–Trinajstić information content (AvgIpc) is 3.12. The van der Waals surface area contributed by atoms with Crippen LogP contribution in [0.15, 0.2) is 29.2 Å². The summed E-state index contributed by atoms with van der Waals surface area (Å²) in [6.45, 7) is 2.71. The van der Waals surface area contributed by atoms with Crippen LogP contribution in [0.3, 0.4) is 0 Å². The molecule has 0 aliphatic carbocycles. The van der Waals surface area contributed by atoms with Gasteiger partial charge in [0.2, 0.25) is 10.0 Å². The molecule has 0 aromatic heterocycles. The van der Waals surface area contributed by atoms with Gasteiger partial charge in [0.05, 0.1) is 17.5 Å². The number of carbonyl (C=O) groups excluding carboxylic acids is 1. The normalized spacial score (nSPS) is 18.5. The van der Waals surface area contributed by atoms with Crippen molar-refractivity contribution in [2.45, 2.75) is 49.6 Å². The fourth-order valence-electron chi connectivity index (χ4n) is 2.69. The van der Waals surface area contributed by atoms with Crippen molar-refractivity contribution in [1.29, 1.82) is 0 Å². The van der Waals surface area contributed by atoms with Crippen LogP contribution < -0.4 is 10.0 Å². The van der Waals surface area contributed by atoms with E-state index in [1.54, 1.807) is 0 Å². The zero-order valence-electron chi connectivity index (χ0n) is 14.3. The van der Waals surface area contributed by atoms with Crippen LogP contribution in [0.5, 0.6) is 0 Å². The van der Waals surface area contributed by atoms with Gasteiger partial charge in [0.1, 0.15) is 0 Å². The molecule has 2 unspecified atom stereocenters. The van der Waals surface area contributed by atoms with E-state index in [2.05, 4.69) is 16.0 Å². The number of hydrogen-bond acceptors (Lipinski definition) is 4. The molecule has 1 aliphatic rings. The summed E-state index contributed by atoms with van der Waals surface area (Å²) in [7, 11) is -3.64. The molecule has 1 aromatic rings. The molecule has 2 rings (SSSR count). The first-order valence-corrected chi connectivity index (χ1v) is 9.86. The lowest BCUT2D eigenvalue weighted by molar-refractivity contribution is 0.0899. The Morgan fingerprint density at radius 1 is 1.40 bits per heavy atom. The number of hydrogen-bond donors (Lipinski definition) is 2. The topological polar surface area (TPSA) is 84.5 Å². The first kappa shape index (κ1) is 19.4. The Bertz CT molecular complexity index is 716. The lowest BCUT2D eigenvalue weighted by Crippen LogP contribution is -2.33. The molecule has 1 fully saturated rings. The van der Waals surface area contributed by atoms with Gasteiger partial charge in [0.15, 0.2) is 0 Å². The number of ether oxygens (including phenoxy) is 1. The standard InChI is InChI=1S/C18H24N2O4S/c1-3-12-19-25(22,23)17-10-7-15(8-11-17)18(21)20-14(2)6-9-16-5-4-13-24-16/h1,7-8,10-11,14,16,19H,4-6,9,12-13H2,2H3,(H,20,21). The average molecular weight is 364 g/mol. The van der Waals surface area contributed by atoms with Crippen molar-refractivity contribution in [1.82, 2.24) is 10.0 Å². The van der Waals surface area contributed by atoms with E-state index in [1.807, 2.05) is 6.92 Å². The summed E-state index contributed by atoms with van der Waals surface area (Å²) < 4.78 is 31.7. The van der Waals surface area contributed by atoms with Crippen LogP contribution in [-0.4, -0.2) is 39.6 Å². The van der Waals surface area contributed by atoms with Crippen molar-refractivity contribution in [3.8, 4) is 12.3 Å². The smallest absolute Gasteiger partial charge is 0.251 e. The maximum Gasteiger partial charge on any atom is 0.251 e. The number of terminal acetylenes is 1. The Labute approximate surface area is 149 Å². The maximum absolute atomic E-state index is 12.3. The minimum absolute atomic E-state index is 0.0254. The molecule has 25 heavy (non-hydrogen) atoms. The van der Waals surface area contributed by atoms with Crippen LogP contribution in [0.1, 0.15) is 43.0 Å². The molecule has 2 atom stereocenters. The summed E-state index contributed by atoms with van der Waals surface area (Å²) in [6, 6.07) is 5.80. The van der Waals surface area contributed by atoms with E-state index in [0.29, 0.717) is 11.7 Å². The van der Waals surface area contributed by atoms with Crippen molar-refractivity contribution in [2.24, 2.45) is 0 Å². The summed E-state index contributed by atoms with van der Waals surface area (Å²) in [6.07, 6.45) is 9.33. The Kier molecular flexibility index (Phi) is 7.00. The molecule has 136 valence electrons. The van der Waals surface area contributed by atoms with Crippen LogP contribution in [0, 0.1) is 12.3 Å². The van der Waals surface area contributed by atoms with Gasteiger partial charge >= 0.3 is 0 Å². The van der Waals surface area contributed by atoms with Crippen LogP contribution in [-0.2, 0) is 14.8 Å². The van der Waals surface area contributed by atoms with Gasteiger partial charge in [0.25, 0.3) is 5.91 Å². The van der Waals surface area contributed by atoms with Crippen molar-refractivity contribution in [3.63, 3.8) is 0 Å². The molecular formula is C18H24N2O4S. The first-order chi connectivity index (χ1) is 11.9. The second kappa shape index (κ2) is 8.99. The monoisotopic (exact) mass is 364 g/mol. The predicted octanol–water partition coefficient (Wildman–Crippen LogP) is 1.68. The van der Waals surface area contributed by atoms with Gasteiger partial charge in [-0.3, -0.25) is 4.79 Å². The number of carbonyl (C=O) groups is 1. The quantitative estimate of drug-likeness (QED) is 0.688. The third kappa shape index (κ3) is 5.85. The number of sulfonamides is 1. The highest BCUT2D eigenvalue weighted by Crippen LogP contribution is 2.18. The maximum atomic E-state index is 12.3. The summed E-state index contributed by atoms with van der Waals surface area (Å²) >= 11 is 0. The van der Waals surface area contributed by atoms with E-state index in [0.717, 1.165) is 32.3 Å². The fraction of sp³-hybridized carbons (Fsp3) is 0.500. The molecule has 1 saturated heterocycles. The third-order valence-electron chi connectivity index (χ3n) is 4.11. The van der Waals surface area contributed by atoms with Crippen molar-refractivity contribution >= 4 is 15.9 Å². The highest BCUT2D eigenvalue weighted by molar-refractivity contribution is 7.89. The second-order valence-electron chi connectivity index (χ2n) is 6.14. The van der Waals surface area contributed by atoms with E-state index >= 15 is 0 Å². The minimum atomic E-state index is -3.64. The van der Waals surface area contributed by atoms with E-state index < -0.39 is 10.0 Å². The summed E-state index contributed by atoms with van der Waals surface area (Å²) in [5, 5.41) is 2.93. The van der Waals surface area contributed by atoms with Crippen molar-refractivity contribution in [2.75, 3.05) is 13.2 Å². The van der Waals surface area contributed by atoms with Crippen LogP contribution in [0.4, 0.5) is 0 Å². The number of rotatable bonds is 8. The molecule has 0 radical (unpaired) electrons. The molecule has 1 aliphatic heterocycles. The van der Waals surface area contributed by atoms with Crippen molar-refractivity contribution < 1.29 is 17.9 Å².